The predicted molar refractivity (Wildman–Crippen MR) is 158 cm³/mol. The van der Waals surface area contributed by atoms with Crippen LogP contribution in [0.25, 0.3) is 0 Å². The number of nitrogens with one attached hydrogen (secondary N) is 1. The normalized spacial score (nSPS) is 25.7. The number of imide groups is 1. The molecule has 2 atom stereocenters. The molecule has 208 valence electrons. The van der Waals surface area contributed by atoms with Gasteiger partial charge in [0.05, 0.1) is 27.1 Å². The lowest BCUT2D eigenvalue weighted by atomic mass is 9.99. The van der Waals surface area contributed by atoms with Crippen molar-refractivity contribution in [3.8, 4) is 0 Å². The van der Waals surface area contributed by atoms with E-state index < -0.39 is 0 Å². The van der Waals surface area contributed by atoms with E-state index in [4.69, 9.17) is 35.8 Å². The first-order chi connectivity index (χ1) is 18.9. The van der Waals surface area contributed by atoms with Crippen molar-refractivity contribution >= 4 is 53.3 Å². The minimum Gasteiger partial charge on any atom is -0.368 e. The zero-order valence-electron chi connectivity index (χ0n) is 22.0. The molecule has 4 aliphatic heterocycles. The van der Waals surface area contributed by atoms with E-state index in [9.17, 15) is 9.59 Å². The van der Waals surface area contributed by atoms with Gasteiger partial charge in [-0.3, -0.25) is 29.6 Å². The molecule has 4 aliphatic rings. The Bertz CT molecular complexity index is 1250. The summed E-state index contributed by atoms with van der Waals surface area (Å²) in [6.07, 6.45) is 3.28. The van der Waals surface area contributed by atoms with Crippen molar-refractivity contribution in [1.82, 2.24) is 20.0 Å². The van der Waals surface area contributed by atoms with E-state index in [1.54, 1.807) is 0 Å². The van der Waals surface area contributed by atoms with Gasteiger partial charge in [-0.1, -0.05) is 47.5 Å². The van der Waals surface area contributed by atoms with Crippen LogP contribution in [0.5, 0.6) is 0 Å². The summed E-state index contributed by atoms with van der Waals surface area (Å²) in [6, 6.07) is 12.6. The van der Waals surface area contributed by atoms with Gasteiger partial charge in [0.15, 0.2) is 0 Å². The first-order valence-corrected chi connectivity index (χ1v) is 15.2. The Morgan fingerprint density at radius 3 is 2.41 bits per heavy atom. The smallest absolute Gasteiger partial charge is 0.243 e. The average Bonchev–Trinajstić information content (AvgIpc) is 3.28. The minimum absolute atomic E-state index is 0.130. The molecule has 1 N–H and O–H groups in total. The van der Waals surface area contributed by atoms with Crippen molar-refractivity contribution in [2.24, 2.45) is 0 Å². The number of carbonyl (C=O) groups excluding carboxylic acids is 2. The van der Waals surface area contributed by atoms with Gasteiger partial charge in [-0.05, 0) is 61.2 Å². The Hall–Kier alpha value is -1.81. The third-order valence-electron chi connectivity index (χ3n) is 8.91. The number of likely N-dealkylation sites (tertiary alicyclic amines) is 1. The van der Waals surface area contributed by atoms with Crippen molar-refractivity contribution in [2.45, 2.75) is 56.2 Å². The minimum atomic E-state index is -0.309. The van der Waals surface area contributed by atoms with Gasteiger partial charge in [0, 0.05) is 51.7 Å². The van der Waals surface area contributed by atoms with Crippen molar-refractivity contribution < 1.29 is 9.59 Å². The van der Waals surface area contributed by atoms with Crippen LogP contribution in [0, 0.1) is 0 Å². The van der Waals surface area contributed by atoms with E-state index in [0.29, 0.717) is 35.5 Å². The predicted octanol–water partition coefficient (Wildman–Crippen LogP) is 4.33. The summed E-state index contributed by atoms with van der Waals surface area (Å²) >= 11 is 17.6. The number of carbonyl (C=O) groups is 2. The van der Waals surface area contributed by atoms with E-state index in [0.717, 1.165) is 51.5 Å². The largest absolute Gasteiger partial charge is 0.368 e. The van der Waals surface area contributed by atoms with Gasteiger partial charge < -0.3 is 4.90 Å². The van der Waals surface area contributed by atoms with Gasteiger partial charge in [0.25, 0.3) is 0 Å². The zero-order valence-corrected chi connectivity index (χ0v) is 24.4. The van der Waals surface area contributed by atoms with Crippen LogP contribution in [-0.2, 0) is 22.7 Å². The van der Waals surface area contributed by atoms with Crippen LogP contribution in [0.4, 0.5) is 5.69 Å². The van der Waals surface area contributed by atoms with Crippen LogP contribution in [-0.4, -0.2) is 77.9 Å². The van der Waals surface area contributed by atoms with E-state index >= 15 is 0 Å². The number of piperidine rings is 2. The summed E-state index contributed by atoms with van der Waals surface area (Å²) in [5, 5.41) is 3.63. The van der Waals surface area contributed by atoms with E-state index in [1.807, 2.05) is 12.1 Å². The molecule has 3 saturated heterocycles. The Morgan fingerprint density at radius 2 is 1.67 bits per heavy atom. The number of amides is 2. The maximum atomic E-state index is 12.5. The number of hydrogen-bond donors (Lipinski definition) is 2. The number of anilines is 1. The first kappa shape index (κ1) is 27.4. The molecule has 39 heavy (non-hydrogen) atoms. The highest BCUT2D eigenvalue weighted by Gasteiger charge is 2.40. The molecule has 0 radical (unpaired) electrons. The highest BCUT2D eigenvalue weighted by molar-refractivity contribution is 7.80. The van der Waals surface area contributed by atoms with Crippen LogP contribution in [0.3, 0.4) is 0 Å². The second kappa shape index (κ2) is 11.6. The van der Waals surface area contributed by atoms with E-state index in [-0.39, 0.29) is 23.2 Å². The number of benzene rings is 2. The summed E-state index contributed by atoms with van der Waals surface area (Å²) in [5.41, 5.74) is 4.84. The SMILES string of the molecule is O=C1CCC(N2Cc3c(CN4CCC(N5CCN(c6cccc(Cl)c6Cl)CC5)CC4)cccc3C2S)C(=O)N1. The zero-order chi connectivity index (χ0) is 27.1. The number of piperazine rings is 1. The van der Waals surface area contributed by atoms with Crippen molar-refractivity contribution in [1.29, 1.82) is 0 Å². The van der Waals surface area contributed by atoms with Crippen LogP contribution in [0.2, 0.25) is 10.0 Å². The lowest BCUT2D eigenvalue weighted by Crippen LogP contribution is -2.53. The summed E-state index contributed by atoms with van der Waals surface area (Å²) < 4.78 is 0. The molecule has 0 saturated carbocycles. The first-order valence-electron chi connectivity index (χ1n) is 13.9. The van der Waals surface area contributed by atoms with Gasteiger partial charge in [-0.2, -0.15) is 12.6 Å². The van der Waals surface area contributed by atoms with Crippen molar-refractivity contribution in [3.63, 3.8) is 0 Å². The molecule has 2 unspecified atom stereocenters. The molecule has 2 aromatic carbocycles. The Kier molecular flexibility index (Phi) is 8.13. The molecule has 10 heteroatoms. The van der Waals surface area contributed by atoms with Crippen LogP contribution < -0.4 is 10.2 Å². The number of rotatable bonds is 5. The summed E-state index contributed by atoms with van der Waals surface area (Å²) in [7, 11) is 0. The number of thiol groups is 1. The Labute approximate surface area is 245 Å². The third-order valence-corrected chi connectivity index (χ3v) is 10.3. The molecule has 0 aromatic heterocycles. The fraction of sp³-hybridized carbons (Fsp3) is 0.517. The summed E-state index contributed by atoms with van der Waals surface area (Å²) in [5.74, 6) is -0.377. The molecule has 2 aromatic rings. The van der Waals surface area contributed by atoms with Gasteiger partial charge >= 0.3 is 0 Å². The fourth-order valence-corrected chi connectivity index (χ4v) is 7.61. The second-order valence-electron chi connectivity index (χ2n) is 11.1. The Balaban J connectivity index is 1.03. The standard InChI is InChI=1S/C29H35Cl2N5O2S/c30-23-5-2-6-24(27(23)31)35-15-13-34(14-16-35)20-9-11-33(12-10-20)17-19-3-1-4-21-22(19)18-36(29(21)39)25-7-8-26(37)32-28(25)38/h1-6,20,25,29,39H,7-18H2,(H,32,37,38). The number of hydrogen-bond acceptors (Lipinski definition) is 7. The lowest BCUT2D eigenvalue weighted by molar-refractivity contribution is -0.137. The number of nitrogens with zero attached hydrogens (tertiary/aromatic N) is 4. The van der Waals surface area contributed by atoms with Crippen molar-refractivity contribution in [3.05, 3.63) is 63.1 Å². The van der Waals surface area contributed by atoms with Crippen LogP contribution >= 0.6 is 35.8 Å². The molecule has 6 rings (SSSR count). The molecule has 0 spiro atoms. The molecule has 7 nitrogen and oxygen atoms in total. The highest BCUT2D eigenvalue weighted by Crippen LogP contribution is 2.41. The molecule has 4 heterocycles. The van der Waals surface area contributed by atoms with Gasteiger partial charge in [0.1, 0.15) is 0 Å². The van der Waals surface area contributed by atoms with Crippen LogP contribution in [0.15, 0.2) is 36.4 Å². The monoisotopic (exact) mass is 587 g/mol. The number of halogens is 2. The molecular weight excluding hydrogens is 553 g/mol. The highest BCUT2D eigenvalue weighted by atomic mass is 35.5. The van der Waals surface area contributed by atoms with Gasteiger partial charge in [-0.15, -0.1) is 0 Å². The lowest BCUT2D eigenvalue weighted by Gasteiger charge is -2.43. The van der Waals surface area contributed by atoms with Gasteiger partial charge in [0.2, 0.25) is 11.8 Å². The third kappa shape index (κ3) is 5.56. The number of fused-ring (bicyclic) bond motifs is 1. The second-order valence-corrected chi connectivity index (χ2v) is 12.4. The topological polar surface area (TPSA) is 59.1 Å². The molecule has 3 fully saturated rings. The van der Waals surface area contributed by atoms with Crippen molar-refractivity contribution in [2.75, 3.05) is 44.2 Å². The maximum absolute atomic E-state index is 12.5. The maximum Gasteiger partial charge on any atom is 0.243 e. The van der Waals surface area contributed by atoms with Gasteiger partial charge in [-0.25, -0.2) is 0 Å². The summed E-state index contributed by atoms with van der Waals surface area (Å²) in [6.45, 7) is 7.78. The molecule has 2 amide bonds. The Morgan fingerprint density at radius 1 is 0.923 bits per heavy atom. The molecular formula is C29H35Cl2N5O2S. The fourth-order valence-electron chi connectivity index (χ4n) is 6.71. The van der Waals surface area contributed by atoms with E-state index in [2.05, 4.69) is 49.2 Å². The summed E-state index contributed by atoms with van der Waals surface area (Å²) in [4.78, 5) is 33.9. The van der Waals surface area contributed by atoms with E-state index in [1.165, 1.54) is 29.5 Å². The molecule has 0 bridgehead atoms. The van der Waals surface area contributed by atoms with Crippen LogP contribution in [0.1, 0.15) is 47.7 Å². The quantitative estimate of drug-likeness (QED) is 0.401. The molecule has 0 aliphatic carbocycles. The average molecular weight is 589 g/mol.